The van der Waals surface area contributed by atoms with Gasteiger partial charge in [-0.25, -0.2) is 9.59 Å². The summed E-state index contributed by atoms with van der Waals surface area (Å²) in [7, 11) is 2.67. The van der Waals surface area contributed by atoms with Gasteiger partial charge in [0.2, 0.25) is 0 Å². The first-order chi connectivity index (χ1) is 13.7. The minimum Gasteiger partial charge on any atom is -0.494 e. The summed E-state index contributed by atoms with van der Waals surface area (Å²) in [6.45, 7) is 0. The van der Waals surface area contributed by atoms with Crippen molar-refractivity contribution in [1.82, 2.24) is 0 Å². The highest BCUT2D eigenvalue weighted by atomic mass is 32.1. The van der Waals surface area contributed by atoms with Crippen molar-refractivity contribution in [2.24, 2.45) is 0 Å². The van der Waals surface area contributed by atoms with E-state index in [1.54, 1.807) is 18.2 Å². The molecule has 29 heavy (non-hydrogen) atoms. The van der Waals surface area contributed by atoms with Gasteiger partial charge < -0.3 is 20.1 Å². The minimum absolute atomic E-state index is 0.000468. The molecule has 152 valence electrons. The summed E-state index contributed by atoms with van der Waals surface area (Å²) in [6.07, 6.45) is -4.51. The lowest BCUT2D eigenvalue weighted by Gasteiger charge is -2.11. The second-order valence-electron chi connectivity index (χ2n) is 5.82. The van der Waals surface area contributed by atoms with Gasteiger partial charge in [0.05, 0.1) is 19.8 Å². The van der Waals surface area contributed by atoms with Crippen LogP contribution in [0.15, 0.2) is 42.5 Å². The average Bonchev–Trinajstić information content (AvgIpc) is 3.04. The Bertz CT molecular complexity index is 1080. The molecule has 2 N–H and O–H groups in total. The Morgan fingerprint density at radius 2 is 1.69 bits per heavy atom. The van der Waals surface area contributed by atoms with Crippen molar-refractivity contribution in [1.29, 1.82) is 0 Å². The van der Waals surface area contributed by atoms with Crippen LogP contribution in [0.5, 0.6) is 5.75 Å². The summed E-state index contributed by atoms with van der Waals surface area (Å²) in [5, 5.41) is 5.50. The highest BCUT2D eigenvalue weighted by molar-refractivity contribution is 7.21. The van der Waals surface area contributed by atoms with Crippen molar-refractivity contribution in [3.05, 3.63) is 52.9 Å². The van der Waals surface area contributed by atoms with Gasteiger partial charge in [-0.05, 0) is 36.4 Å². The Kier molecular flexibility index (Phi) is 5.64. The highest BCUT2D eigenvalue weighted by Gasteiger charge is 2.30. The number of benzene rings is 2. The molecule has 0 spiro atoms. The standard InChI is InChI=1S/C19H15F3N2O4S/c1-27-15-13-9-12(6-7-14(13)29-16(15)17(25)28-2)24-18(26)23-11-5-3-4-10(8-11)19(20,21)22/h3-9H,1-2H3,(H2,23,24,26). The molecule has 1 aromatic heterocycles. The molecule has 0 aliphatic rings. The van der Waals surface area contributed by atoms with Crippen molar-refractivity contribution in [2.45, 2.75) is 6.18 Å². The van der Waals surface area contributed by atoms with Crippen LogP contribution in [-0.4, -0.2) is 26.2 Å². The molecule has 1 heterocycles. The Hall–Kier alpha value is -3.27. The predicted octanol–water partition coefficient (Wildman–Crippen LogP) is 5.36. The summed E-state index contributed by atoms with van der Waals surface area (Å²) < 4.78 is 49.1. The third kappa shape index (κ3) is 4.43. The zero-order valence-electron chi connectivity index (χ0n) is 15.2. The van der Waals surface area contributed by atoms with Gasteiger partial charge in [0.1, 0.15) is 0 Å². The molecule has 3 aromatic rings. The number of urea groups is 1. The van der Waals surface area contributed by atoms with Crippen LogP contribution in [0.25, 0.3) is 10.1 Å². The predicted molar refractivity (Wildman–Crippen MR) is 104 cm³/mol. The van der Waals surface area contributed by atoms with Crippen LogP contribution < -0.4 is 15.4 Å². The van der Waals surface area contributed by atoms with Gasteiger partial charge in [0, 0.05) is 21.5 Å². The van der Waals surface area contributed by atoms with E-state index in [2.05, 4.69) is 10.6 Å². The van der Waals surface area contributed by atoms with E-state index >= 15 is 0 Å². The first kappa shape index (κ1) is 20.5. The number of hydrogen-bond acceptors (Lipinski definition) is 5. The fourth-order valence-corrected chi connectivity index (χ4v) is 3.72. The molecule has 0 aliphatic heterocycles. The molecule has 2 aromatic carbocycles. The Morgan fingerprint density at radius 1 is 1.00 bits per heavy atom. The molecule has 0 radical (unpaired) electrons. The highest BCUT2D eigenvalue weighted by Crippen LogP contribution is 2.39. The molecule has 0 atom stereocenters. The van der Waals surface area contributed by atoms with Crippen LogP contribution in [0.2, 0.25) is 0 Å². The maximum Gasteiger partial charge on any atom is 0.416 e. The molecule has 0 bridgehead atoms. The molecule has 0 unspecified atom stereocenters. The lowest BCUT2D eigenvalue weighted by atomic mass is 10.2. The first-order valence-corrected chi connectivity index (χ1v) is 8.98. The van der Waals surface area contributed by atoms with Gasteiger partial charge in [-0.2, -0.15) is 13.2 Å². The monoisotopic (exact) mass is 424 g/mol. The summed E-state index contributed by atoms with van der Waals surface area (Å²) in [5.41, 5.74) is -0.496. The van der Waals surface area contributed by atoms with E-state index in [1.807, 2.05) is 0 Å². The Morgan fingerprint density at radius 3 is 2.31 bits per heavy atom. The molecular weight excluding hydrogens is 409 g/mol. The lowest BCUT2D eigenvalue weighted by Crippen LogP contribution is -2.19. The largest absolute Gasteiger partial charge is 0.494 e. The maximum absolute atomic E-state index is 12.8. The summed E-state index contributed by atoms with van der Waals surface area (Å²) in [4.78, 5) is 24.3. The van der Waals surface area contributed by atoms with Crippen LogP contribution >= 0.6 is 11.3 Å². The number of thiophene rings is 1. The zero-order chi connectivity index (χ0) is 21.2. The number of fused-ring (bicyclic) bond motifs is 1. The van der Waals surface area contributed by atoms with E-state index < -0.39 is 23.7 Å². The molecular formula is C19H15F3N2O4S. The number of carbonyl (C=O) groups is 2. The van der Waals surface area contributed by atoms with Crippen LogP contribution in [0, 0.1) is 0 Å². The summed E-state index contributed by atoms with van der Waals surface area (Å²) in [5.74, 6) is -0.223. The van der Waals surface area contributed by atoms with Gasteiger partial charge in [-0.1, -0.05) is 6.07 Å². The number of esters is 1. The van der Waals surface area contributed by atoms with E-state index in [4.69, 9.17) is 9.47 Å². The molecule has 3 rings (SSSR count). The SMILES string of the molecule is COC(=O)c1sc2ccc(NC(=O)Nc3cccc(C(F)(F)F)c3)cc2c1OC. The fraction of sp³-hybridized carbons (Fsp3) is 0.158. The number of hydrogen-bond donors (Lipinski definition) is 2. The third-order valence-corrected chi connectivity index (χ3v) is 5.06. The summed E-state index contributed by atoms with van der Waals surface area (Å²) >= 11 is 1.18. The van der Waals surface area contributed by atoms with E-state index in [-0.39, 0.29) is 10.6 Å². The van der Waals surface area contributed by atoms with Crippen LogP contribution in [0.4, 0.5) is 29.3 Å². The maximum atomic E-state index is 12.8. The Labute approximate surface area is 167 Å². The van der Waals surface area contributed by atoms with E-state index in [1.165, 1.54) is 37.7 Å². The molecule has 0 aliphatic carbocycles. The topological polar surface area (TPSA) is 76.7 Å². The van der Waals surface area contributed by atoms with Gasteiger partial charge in [0.15, 0.2) is 10.6 Å². The van der Waals surface area contributed by atoms with Crippen molar-refractivity contribution >= 4 is 44.8 Å². The second-order valence-corrected chi connectivity index (χ2v) is 6.88. The van der Waals surface area contributed by atoms with Gasteiger partial charge in [-0.3, -0.25) is 0 Å². The number of halogens is 3. The van der Waals surface area contributed by atoms with E-state index in [0.717, 1.165) is 16.8 Å². The number of carbonyl (C=O) groups excluding carboxylic acids is 2. The number of nitrogens with one attached hydrogen (secondary N) is 2. The minimum atomic E-state index is -4.51. The van der Waals surface area contributed by atoms with Crippen LogP contribution in [-0.2, 0) is 10.9 Å². The number of methoxy groups -OCH3 is 2. The normalized spacial score (nSPS) is 11.2. The van der Waals surface area contributed by atoms with Crippen molar-refractivity contribution in [2.75, 3.05) is 24.9 Å². The quantitative estimate of drug-likeness (QED) is 0.553. The van der Waals surface area contributed by atoms with Crippen molar-refractivity contribution in [3.63, 3.8) is 0 Å². The summed E-state index contributed by atoms with van der Waals surface area (Å²) in [6, 6.07) is 8.48. The average molecular weight is 424 g/mol. The van der Waals surface area contributed by atoms with Crippen molar-refractivity contribution in [3.8, 4) is 5.75 Å². The third-order valence-electron chi connectivity index (χ3n) is 3.92. The lowest BCUT2D eigenvalue weighted by molar-refractivity contribution is -0.137. The zero-order valence-corrected chi connectivity index (χ0v) is 16.0. The first-order valence-electron chi connectivity index (χ1n) is 8.17. The Balaban J connectivity index is 1.81. The molecule has 0 saturated heterocycles. The molecule has 2 amide bonds. The van der Waals surface area contributed by atoms with Crippen LogP contribution in [0.1, 0.15) is 15.2 Å². The van der Waals surface area contributed by atoms with Gasteiger partial charge >= 0.3 is 18.2 Å². The number of ether oxygens (including phenoxy) is 2. The molecule has 6 nitrogen and oxygen atoms in total. The van der Waals surface area contributed by atoms with Gasteiger partial charge in [0.25, 0.3) is 0 Å². The number of anilines is 2. The van der Waals surface area contributed by atoms with E-state index in [0.29, 0.717) is 16.8 Å². The van der Waals surface area contributed by atoms with Crippen molar-refractivity contribution < 1.29 is 32.2 Å². The van der Waals surface area contributed by atoms with Crippen LogP contribution in [0.3, 0.4) is 0 Å². The molecule has 0 fully saturated rings. The fourth-order valence-electron chi connectivity index (χ4n) is 2.65. The number of alkyl halides is 3. The number of amides is 2. The smallest absolute Gasteiger partial charge is 0.416 e. The molecule has 0 saturated carbocycles. The molecule has 10 heteroatoms. The second kappa shape index (κ2) is 8.00. The van der Waals surface area contributed by atoms with E-state index in [9.17, 15) is 22.8 Å². The number of rotatable bonds is 4. The van der Waals surface area contributed by atoms with Gasteiger partial charge in [-0.15, -0.1) is 11.3 Å².